The molecule has 3 rings (SSSR count). The highest BCUT2D eigenvalue weighted by atomic mass is 16.5. The van der Waals surface area contributed by atoms with E-state index in [1.54, 1.807) is 21.3 Å². The Hall–Kier alpha value is -2.28. The van der Waals surface area contributed by atoms with Gasteiger partial charge in [0, 0.05) is 24.6 Å². The highest BCUT2D eigenvalue weighted by molar-refractivity contribution is 5.67. The van der Waals surface area contributed by atoms with E-state index in [4.69, 9.17) is 19.9 Å². The third-order valence-corrected chi connectivity index (χ3v) is 3.91. The summed E-state index contributed by atoms with van der Waals surface area (Å²) < 4.78 is 18.2. The first kappa shape index (κ1) is 14.6. The number of fused-ring (bicyclic) bond motifs is 1. The van der Waals surface area contributed by atoms with Gasteiger partial charge >= 0.3 is 0 Å². The van der Waals surface area contributed by atoms with Crippen LogP contribution in [-0.2, 0) is 13.0 Å². The molecule has 2 N–H and O–H groups in total. The number of hydrogen-bond donors (Lipinski definition) is 1. The Morgan fingerprint density at radius 3 is 2.36 bits per heavy atom. The van der Waals surface area contributed by atoms with E-state index < -0.39 is 0 Å². The van der Waals surface area contributed by atoms with Crippen LogP contribution >= 0.6 is 0 Å². The van der Waals surface area contributed by atoms with Gasteiger partial charge in [0.1, 0.15) is 5.82 Å². The van der Waals surface area contributed by atoms with Crippen molar-refractivity contribution in [3.63, 3.8) is 0 Å². The molecule has 1 unspecified atom stereocenters. The van der Waals surface area contributed by atoms with Crippen molar-refractivity contribution in [2.75, 3.05) is 21.3 Å². The largest absolute Gasteiger partial charge is 0.493 e. The molecule has 1 aliphatic heterocycles. The molecule has 0 fully saturated rings. The Morgan fingerprint density at radius 2 is 1.77 bits per heavy atom. The topological polar surface area (TPSA) is 84.4 Å². The van der Waals surface area contributed by atoms with Gasteiger partial charge in [-0.3, -0.25) is 0 Å². The van der Waals surface area contributed by atoms with Crippen LogP contribution in [0.25, 0.3) is 11.4 Å². The molecule has 0 saturated carbocycles. The van der Waals surface area contributed by atoms with Gasteiger partial charge in [0.15, 0.2) is 17.3 Å². The van der Waals surface area contributed by atoms with E-state index in [1.807, 2.05) is 12.1 Å². The van der Waals surface area contributed by atoms with Gasteiger partial charge in [0.25, 0.3) is 0 Å². The summed E-state index contributed by atoms with van der Waals surface area (Å²) in [6, 6.07) is 3.88. The number of aromatic nitrogens is 3. The van der Waals surface area contributed by atoms with Crippen molar-refractivity contribution < 1.29 is 14.2 Å². The van der Waals surface area contributed by atoms with E-state index in [1.165, 1.54) is 0 Å². The number of ether oxygens (including phenoxy) is 3. The third kappa shape index (κ3) is 2.37. The minimum absolute atomic E-state index is 0.129. The predicted octanol–water partition coefficient (Wildman–Crippen LogP) is 1.24. The van der Waals surface area contributed by atoms with Gasteiger partial charge in [-0.15, -0.1) is 10.2 Å². The summed E-state index contributed by atoms with van der Waals surface area (Å²) in [6.07, 6.45) is 1.78. The van der Waals surface area contributed by atoms with Crippen LogP contribution in [0.4, 0.5) is 0 Å². The summed E-state index contributed by atoms with van der Waals surface area (Å²) in [5.74, 6) is 3.47. The van der Waals surface area contributed by atoms with E-state index >= 15 is 0 Å². The van der Waals surface area contributed by atoms with E-state index in [2.05, 4.69) is 14.8 Å². The second-order valence-corrected chi connectivity index (χ2v) is 5.26. The number of aryl methyl sites for hydroxylation is 1. The monoisotopic (exact) mass is 304 g/mol. The zero-order valence-corrected chi connectivity index (χ0v) is 13.0. The quantitative estimate of drug-likeness (QED) is 0.915. The molecule has 1 aromatic heterocycles. The molecular formula is C15H20N4O3. The first-order valence-electron chi connectivity index (χ1n) is 7.16. The Labute approximate surface area is 129 Å². The van der Waals surface area contributed by atoms with Gasteiger partial charge in [0.2, 0.25) is 5.75 Å². The van der Waals surface area contributed by atoms with E-state index in [0.29, 0.717) is 23.8 Å². The van der Waals surface area contributed by atoms with Crippen LogP contribution in [0, 0.1) is 0 Å². The number of nitrogens with zero attached hydrogens (tertiary/aromatic N) is 3. The molecule has 0 spiro atoms. The molecule has 0 aliphatic carbocycles. The average molecular weight is 304 g/mol. The zero-order valence-electron chi connectivity index (χ0n) is 13.0. The Bertz CT molecular complexity index is 658. The highest BCUT2D eigenvalue weighted by Crippen LogP contribution is 2.41. The van der Waals surface area contributed by atoms with Crippen LogP contribution in [0.5, 0.6) is 17.2 Å². The number of benzene rings is 1. The Kier molecular flexibility index (Phi) is 3.89. The van der Waals surface area contributed by atoms with Gasteiger partial charge in [-0.2, -0.15) is 0 Å². The van der Waals surface area contributed by atoms with Gasteiger partial charge in [0.05, 0.1) is 21.3 Å². The van der Waals surface area contributed by atoms with E-state index in [0.717, 1.165) is 30.1 Å². The Balaban J connectivity index is 2.11. The number of rotatable bonds is 4. The number of nitrogens with two attached hydrogens (primary N) is 1. The second-order valence-electron chi connectivity index (χ2n) is 5.26. The fraction of sp³-hybridized carbons (Fsp3) is 0.467. The van der Waals surface area contributed by atoms with Crippen LogP contribution in [0.15, 0.2) is 12.1 Å². The molecule has 0 bridgehead atoms. The van der Waals surface area contributed by atoms with E-state index in [9.17, 15) is 0 Å². The summed E-state index contributed by atoms with van der Waals surface area (Å²) >= 11 is 0. The van der Waals surface area contributed by atoms with Crippen molar-refractivity contribution in [3.05, 3.63) is 18.0 Å². The molecule has 0 saturated heterocycles. The lowest BCUT2D eigenvalue weighted by Crippen LogP contribution is -2.32. The van der Waals surface area contributed by atoms with Crippen LogP contribution in [0.3, 0.4) is 0 Å². The number of methoxy groups -OCH3 is 3. The van der Waals surface area contributed by atoms with Crippen LogP contribution < -0.4 is 19.9 Å². The van der Waals surface area contributed by atoms with Gasteiger partial charge in [-0.05, 0) is 18.6 Å². The predicted molar refractivity (Wildman–Crippen MR) is 81.4 cm³/mol. The van der Waals surface area contributed by atoms with Crippen molar-refractivity contribution in [1.82, 2.24) is 14.8 Å². The summed E-state index contributed by atoms with van der Waals surface area (Å²) in [5.41, 5.74) is 6.93. The minimum Gasteiger partial charge on any atom is -0.493 e. The Morgan fingerprint density at radius 1 is 1.09 bits per heavy atom. The van der Waals surface area contributed by atoms with Gasteiger partial charge in [-0.25, -0.2) is 0 Å². The molecule has 22 heavy (non-hydrogen) atoms. The zero-order chi connectivity index (χ0) is 15.7. The normalized spacial score (nSPS) is 17.0. The average Bonchev–Trinajstić information content (AvgIpc) is 2.96. The van der Waals surface area contributed by atoms with Crippen molar-refractivity contribution in [3.8, 4) is 28.6 Å². The molecular weight excluding hydrogens is 284 g/mol. The molecule has 7 heteroatoms. The lowest BCUT2D eigenvalue weighted by molar-refractivity contribution is 0.324. The van der Waals surface area contributed by atoms with E-state index in [-0.39, 0.29) is 6.04 Å². The summed E-state index contributed by atoms with van der Waals surface area (Å²) in [7, 11) is 4.77. The molecule has 2 aromatic rings. The minimum atomic E-state index is 0.129. The fourth-order valence-corrected chi connectivity index (χ4v) is 2.78. The smallest absolute Gasteiger partial charge is 0.203 e. The maximum Gasteiger partial charge on any atom is 0.203 e. The maximum atomic E-state index is 6.07. The fourth-order valence-electron chi connectivity index (χ4n) is 2.78. The number of hydrogen-bond acceptors (Lipinski definition) is 6. The van der Waals surface area contributed by atoms with Gasteiger partial charge < -0.3 is 24.5 Å². The van der Waals surface area contributed by atoms with Crippen molar-refractivity contribution in [1.29, 1.82) is 0 Å². The molecule has 0 radical (unpaired) electrons. The molecule has 0 amide bonds. The standard InChI is InChI=1S/C15H20N4O3/c1-20-11-6-9(7-12(21-2)14(11)22-3)15-18-17-13-5-4-10(16)8-19(13)15/h6-7,10H,4-5,8,16H2,1-3H3. The van der Waals surface area contributed by atoms with Crippen LogP contribution in [-0.4, -0.2) is 42.1 Å². The molecule has 7 nitrogen and oxygen atoms in total. The summed E-state index contributed by atoms with van der Waals surface area (Å²) in [5, 5.41) is 8.58. The highest BCUT2D eigenvalue weighted by Gasteiger charge is 2.23. The molecule has 118 valence electrons. The SMILES string of the molecule is COc1cc(-c2nnc3n2CC(N)CC3)cc(OC)c1OC. The maximum absolute atomic E-state index is 6.07. The molecule has 1 aliphatic rings. The molecule has 1 aromatic carbocycles. The van der Waals surface area contributed by atoms with Crippen molar-refractivity contribution in [2.45, 2.75) is 25.4 Å². The van der Waals surface area contributed by atoms with Crippen LogP contribution in [0.1, 0.15) is 12.2 Å². The first-order valence-corrected chi connectivity index (χ1v) is 7.16. The lowest BCUT2D eigenvalue weighted by Gasteiger charge is -2.21. The van der Waals surface area contributed by atoms with Gasteiger partial charge in [-0.1, -0.05) is 0 Å². The summed E-state index contributed by atoms with van der Waals surface area (Å²) in [6.45, 7) is 0.717. The van der Waals surface area contributed by atoms with Crippen molar-refractivity contribution in [2.24, 2.45) is 5.73 Å². The third-order valence-electron chi connectivity index (χ3n) is 3.91. The summed E-state index contributed by atoms with van der Waals surface area (Å²) in [4.78, 5) is 0. The second kappa shape index (κ2) is 5.84. The molecule has 2 heterocycles. The first-order chi connectivity index (χ1) is 10.7. The molecule has 1 atom stereocenters. The lowest BCUT2D eigenvalue weighted by atomic mass is 10.1. The van der Waals surface area contributed by atoms with Crippen LogP contribution in [0.2, 0.25) is 0 Å². The van der Waals surface area contributed by atoms with Crippen molar-refractivity contribution >= 4 is 0 Å².